The molecule has 0 aliphatic carbocycles. The SMILES string of the molecule is CN(C)CCNC(=O)c1cc(Nc2ccccc2C#N)ccn1. The second-order valence-corrected chi connectivity index (χ2v) is 5.27. The van der Waals surface area contributed by atoms with E-state index in [-0.39, 0.29) is 5.91 Å². The molecule has 0 saturated heterocycles. The van der Waals surface area contributed by atoms with E-state index in [4.69, 9.17) is 5.26 Å². The Bertz CT molecular complexity index is 721. The van der Waals surface area contributed by atoms with Crippen LogP contribution in [0.3, 0.4) is 0 Å². The molecule has 0 spiro atoms. The summed E-state index contributed by atoms with van der Waals surface area (Å²) >= 11 is 0. The van der Waals surface area contributed by atoms with Crippen LogP contribution < -0.4 is 10.6 Å². The highest BCUT2D eigenvalue weighted by Gasteiger charge is 2.08. The van der Waals surface area contributed by atoms with E-state index < -0.39 is 0 Å². The van der Waals surface area contributed by atoms with E-state index in [0.29, 0.717) is 29.2 Å². The molecule has 1 aromatic heterocycles. The van der Waals surface area contributed by atoms with Crippen molar-refractivity contribution in [2.24, 2.45) is 0 Å². The van der Waals surface area contributed by atoms with Gasteiger partial charge in [0, 0.05) is 25.0 Å². The first-order valence-corrected chi connectivity index (χ1v) is 7.25. The van der Waals surface area contributed by atoms with Gasteiger partial charge in [-0.1, -0.05) is 12.1 Å². The molecule has 0 aliphatic heterocycles. The van der Waals surface area contributed by atoms with Crippen LogP contribution in [0.1, 0.15) is 16.1 Å². The molecule has 2 aromatic rings. The number of anilines is 2. The van der Waals surface area contributed by atoms with Gasteiger partial charge in [0.05, 0.1) is 11.3 Å². The minimum atomic E-state index is -0.218. The summed E-state index contributed by atoms with van der Waals surface area (Å²) in [6, 6.07) is 12.8. The number of amides is 1. The van der Waals surface area contributed by atoms with Crippen molar-refractivity contribution in [2.75, 3.05) is 32.5 Å². The lowest BCUT2D eigenvalue weighted by Crippen LogP contribution is -2.31. The number of hydrogen-bond acceptors (Lipinski definition) is 5. The molecule has 0 saturated carbocycles. The van der Waals surface area contributed by atoms with E-state index in [2.05, 4.69) is 21.7 Å². The van der Waals surface area contributed by atoms with Crippen molar-refractivity contribution in [3.63, 3.8) is 0 Å². The summed E-state index contributed by atoms with van der Waals surface area (Å²) < 4.78 is 0. The summed E-state index contributed by atoms with van der Waals surface area (Å²) in [5.74, 6) is -0.218. The van der Waals surface area contributed by atoms with E-state index in [1.54, 1.807) is 30.5 Å². The Morgan fingerprint density at radius 1 is 1.30 bits per heavy atom. The minimum absolute atomic E-state index is 0.218. The molecule has 6 nitrogen and oxygen atoms in total. The number of nitrogens with one attached hydrogen (secondary N) is 2. The third kappa shape index (κ3) is 4.80. The Morgan fingerprint density at radius 3 is 2.83 bits per heavy atom. The molecule has 0 bridgehead atoms. The Morgan fingerprint density at radius 2 is 2.09 bits per heavy atom. The van der Waals surface area contributed by atoms with Crippen LogP contribution in [-0.2, 0) is 0 Å². The molecule has 0 aliphatic rings. The van der Waals surface area contributed by atoms with Crippen LogP contribution in [0.5, 0.6) is 0 Å². The molecule has 0 unspecified atom stereocenters. The van der Waals surface area contributed by atoms with Crippen molar-refractivity contribution >= 4 is 17.3 Å². The molecule has 2 N–H and O–H groups in total. The smallest absolute Gasteiger partial charge is 0.269 e. The monoisotopic (exact) mass is 309 g/mol. The highest BCUT2D eigenvalue weighted by molar-refractivity contribution is 5.93. The van der Waals surface area contributed by atoms with Gasteiger partial charge in [0.2, 0.25) is 0 Å². The van der Waals surface area contributed by atoms with Crippen LogP contribution in [0.25, 0.3) is 0 Å². The number of aromatic nitrogens is 1. The van der Waals surface area contributed by atoms with Crippen molar-refractivity contribution in [2.45, 2.75) is 0 Å². The van der Waals surface area contributed by atoms with Gasteiger partial charge in [-0.2, -0.15) is 5.26 Å². The zero-order valence-corrected chi connectivity index (χ0v) is 13.2. The predicted octanol–water partition coefficient (Wildman–Crippen LogP) is 1.99. The maximum absolute atomic E-state index is 12.1. The number of para-hydroxylation sites is 1. The van der Waals surface area contributed by atoms with Crippen molar-refractivity contribution in [3.8, 4) is 6.07 Å². The lowest BCUT2D eigenvalue weighted by molar-refractivity contribution is 0.0946. The zero-order valence-electron chi connectivity index (χ0n) is 13.2. The average molecular weight is 309 g/mol. The summed E-state index contributed by atoms with van der Waals surface area (Å²) in [4.78, 5) is 18.2. The first kappa shape index (κ1) is 16.5. The topological polar surface area (TPSA) is 81.0 Å². The molecular weight excluding hydrogens is 290 g/mol. The lowest BCUT2D eigenvalue weighted by atomic mass is 10.2. The minimum Gasteiger partial charge on any atom is -0.354 e. The quantitative estimate of drug-likeness (QED) is 0.853. The van der Waals surface area contributed by atoms with E-state index >= 15 is 0 Å². The normalized spacial score (nSPS) is 10.2. The highest BCUT2D eigenvalue weighted by atomic mass is 16.1. The van der Waals surface area contributed by atoms with E-state index in [0.717, 1.165) is 6.54 Å². The largest absolute Gasteiger partial charge is 0.354 e. The van der Waals surface area contributed by atoms with Crippen molar-refractivity contribution in [1.29, 1.82) is 5.26 Å². The van der Waals surface area contributed by atoms with Crippen molar-refractivity contribution in [1.82, 2.24) is 15.2 Å². The van der Waals surface area contributed by atoms with Gasteiger partial charge < -0.3 is 15.5 Å². The molecule has 1 heterocycles. The van der Waals surface area contributed by atoms with Crippen LogP contribution in [0.4, 0.5) is 11.4 Å². The summed E-state index contributed by atoms with van der Waals surface area (Å²) in [7, 11) is 3.89. The molecule has 23 heavy (non-hydrogen) atoms. The second kappa shape index (κ2) is 7.92. The Balaban J connectivity index is 2.08. The molecule has 1 amide bonds. The fourth-order valence-electron chi connectivity index (χ4n) is 1.96. The maximum Gasteiger partial charge on any atom is 0.269 e. The number of nitrogens with zero attached hydrogens (tertiary/aromatic N) is 3. The van der Waals surface area contributed by atoms with Crippen LogP contribution >= 0.6 is 0 Å². The fourth-order valence-corrected chi connectivity index (χ4v) is 1.96. The van der Waals surface area contributed by atoms with Crippen molar-refractivity contribution in [3.05, 3.63) is 53.9 Å². The van der Waals surface area contributed by atoms with E-state index in [1.807, 2.05) is 31.1 Å². The lowest BCUT2D eigenvalue weighted by Gasteiger charge is -2.11. The number of hydrogen-bond donors (Lipinski definition) is 2. The maximum atomic E-state index is 12.1. The first-order chi connectivity index (χ1) is 11.1. The van der Waals surface area contributed by atoms with E-state index in [1.165, 1.54) is 0 Å². The summed E-state index contributed by atoms with van der Waals surface area (Å²) in [5.41, 5.74) is 2.28. The number of likely N-dealkylation sites (N-methyl/N-ethyl adjacent to an activating group) is 1. The molecule has 1 aromatic carbocycles. The Labute approximate surface area is 135 Å². The number of pyridine rings is 1. The third-order valence-corrected chi connectivity index (χ3v) is 3.16. The second-order valence-electron chi connectivity index (χ2n) is 5.27. The average Bonchev–Trinajstić information content (AvgIpc) is 2.55. The molecule has 2 rings (SSSR count). The van der Waals surface area contributed by atoms with E-state index in [9.17, 15) is 4.79 Å². The number of rotatable bonds is 6. The molecule has 0 radical (unpaired) electrons. The number of carbonyl (C=O) groups is 1. The van der Waals surface area contributed by atoms with Crippen LogP contribution in [0, 0.1) is 11.3 Å². The number of benzene rings is 1. The summed E-state index contributed by atoms with van der Waals surface area (Å²) in [6.07, 6.45) is 1.57. The first-order valence-electron chi connectivity index (χ1n) is 7.25. The van der Waals surface area contributed by atoms with Gasteiger partial charge in [-0.15, -0.1) is 0 Å². The van der Waals surface area contributed by atoms with Gasteiger partial charge in [0.1, 0.15) is 11.8 Å². The van der Waals surface area contributed by atoms with Crippen molar-refractivity contribution < 1.29 is 4.79 Å². The van der Waals surface area contributed by atoms with Gasteiger partial charge in [0.25, 0.3) is 5.91 Å². The third-order valence-electron chi connectivity index (χ3n) is 3.16. The number of carbonyl (C=O) groups excluding carboxylic acids is 1. The van der Waals surface area contributed by atoms with Gasteiger partial charge in [-0.3, -0.25) is 9.78 Å². The summed E-state index contributed by atoms with van der Waals surface area (Å²) in [5, 5.41) is 15.1. The molecule has 0 fully saturated rings. The molecule has 118 valence electrons. The van der Waals surface area contributed by atoms with Gasteiger partial charge in [0.15, 0.2) is 0 Å². The Kier molecular flexibility index (Phi) is 5.67. The standard InChI is InChI=1S/C17H19N5O/c1-22(2)10-9-20-17(23)16-11-14(7-8-19-16)21-15-6-4-3-5-13(15)12-18/h3-8,11H,9-10H2,1-2H3,(H,19,21)(H,20,23). The fraction of sp³-hybridized carbons (Fsp3) is 0.235. The molecule has 0 atom stereocenters. The highest BCUT2D eigenvalue weighted by Crippen LogP contribution is 2.20. The Hall–Kier alpha value is -2.91. The molecule has 6 heteroatoms. The zero-order chi connectivity index (χ0) is 16.7. The number of nitriles is 1. The van der Waals surface area contributed by atoms with Crippen LogP contribution in [-0.4, -0.2) is 43.0 Å². The van der Waals surface area contributed by atoms with Gasteiger partial charge in [-0.25, -0.2) is 0 Å². The summed E-state index contributed by atoms with van der Waals surface area (Å²) in [6.45, 7) is 1.32. The predicted molar refractivity (Wildman–Crippen MR) is 89.6 cm³/mol. The van der Waals surface area contributed by atoms with Crippen LogP contribution in [0.15, 0.2) is 42.6 Å². The van der Waals surface area contributed by atoms with Gasteiger partial charge in [-0.05, 0) is 38.4 Å². The molecular formula is C17H19N5O. The van der Waals surface area contributed by atoms with Crippen LogP contribution in [0.2, 0.25) is 0 Å². The van der Waals surface area contributed by atoms with Gasteiger partial charge >= 0.3 is 0 Å².